The van der Waals surface area contributed by atoms with Gasteiger partial charge in [0, 0.05) is 24.7 Å². The van der Waals surface area contributed by atoms with Gasteiger partial charge >= 0.3 is 0 Å². The summed E-state index contributed by atoms with van der Waals surface area (Å²) in [7, 11) is 1.75. The second-order valence-electron chi connectivity index (χ2n) is 8.30. The molecule has 192 valence electrons. The number of hydrogen-bond acceptors (Lipinski definition) is 7. The number of rotatable bonds is 10. The number of nitrogens with one attached hydrogen (secondary N) is 3. The molecule has 0 saturated heterocycles. The van der Waals surface area contributed by atoms with E-state index in [1.165, 1.54) is 25.4 Å². The van der Waals surface area contributed by atoms with E-state index in [0.717, 1.165) is 28.8 Å². The van der Waals surface area contributed by atoms with Crippen LogP contribution in [0.15, 0.2) is 71.5 Å². The Bertz CT molecular complexity index is 1360. The lowest BCUT2D eigenvalue weighted by Gasteiger charge is -2.14. The van der Waals surface area contributed by atoms with Crippen molar-refractivity contribution in [1.29, 1.82) is 5.41 Å². The Balaban J connectivity index is 2.01. The number of amidine groups is 1. The van der Waals surface area contributed by atoms with E-state index < -0.39 is 5.91 Å². The molecule has 2 aromatic carbocycles. The van der Waals surface area contributed by atoms with Crippen LogP contribution >= 0.6 is 0 Å². The van der Waals surface area contributed by atoms with Gasteiger partial charge in [-0.3, -0.25) is 15.2 Å². The fourth-order valence-electron chi connectivity index (χ4n) is 3.53. The molecule has 0 aliphatic carbocycles. The number of amides is 1. The van der Waals surface area contributed by atoms with Crippen LogP contribution in [0.5, 0.6) is 5.75 Å². The molecular formula is C28H31FN6O2. The van der Waals surface area contributed by atoms with Crippen LogP contribution < -0.4 is 15.4 Å². The minimum Gasteiger partial charge on any atom is -0.481 e. The quantitative estimate of drug-likeness (QED) is 0.197. The van der Waals surface area contributed by atoms with Gasteiger partial charge in [-0.15, -0.1) is 0 Å². The Morgan fingerprint density at radius 2 is 1.89 bits per heavy atom. The molecule has 1 heterocycles. The van der Waals surface area contributed by atoms with Crippen molar-refractivity contribution in [3.8, 4) is 16.9 Å². The number of hydrogen-bond donors (Lipinski definition) is 3. The average molecular weight is 503 g/mol. The third-order valence-electron chi connectivity index (χ3n) is 5.38. The van der Waals surface area contributed by atoms with Gasteiger partial charge < -0.3 is 15.4 Å². The van der Waals surface area contributed by atoms with Gasteiger partial charge in [0.1, 0.15) is 29.2 Å². The number of nitrogens with zero attached hydrogens (tertiary/aromatic N) is 3. The number of anilines is 1. The number of aromatic nitrogens is 2. The number of ether oxygens (including phenoxy) is 1. The van der Waals surface area contributed by atoms with Crippen molar-refractivity contribution in [2.75, 3.05) is 25.5 Å². The zero-order valence-corrected chi connectivity index (χ0v) is 21.4. The maximum atomic E-state index is 13.6. The van der Waals surface area contributed by atoms with E-state index in [1.54, 1.807) is 25.2 Å². The fraction of sp³-hybridized carbons (Fsp3) is 0.250. The number of allylic oxidation sites excluding steroid dienone is 2. The Labute approximate surface area is 215 Å². The lowest BCUT2D eigenvalue weighted by Crippen LogP contribution is -2.32. The van der Waals surface area contributed by atoms with Crippen molar-refractivity contribution < 1.29 is 13.9 Å². The van der Waals surface area contributed by atoms with Gasteiger partial charge in [-0.25, -0.2) is 14.4 Å². The van der Waals surface area contributed by atoms with Gasteiger partial charge in [-0.2, -0.15) is 0 Å². The highest BCUT2D eigenvalue weighted by molar-refractivity contribution is 5.98. The molecular weight excluding hydrogens is 471 g/mol. The Hall–Kier alpha value is -4.40. The number of benzene rings is 2. The molecule has 0 radical (unpaired) electrons. The highest BCUT2D eigenvalue weighted by atomic mass is 19.1. The van der Waals surface area contributed by atoms with Crippen molar-refractivity contribution in [3.63, 3.8) is 0 Å². The minimum atomic E-state index is -0.452. The van der Waals surface area contributed by atoms with E-state index in [2.05, 4.69) is 38.6 Å². The summed E-state index contributed by atoms with van der Waals surface area (Å²) in [5, 5.41) is 13.9. The molecule has 0 aliphatic rings. The average Bonchev–Trinajstić information content (AvgIpc) is 2.88. The number of carbonyl (C=O) groups is 1. The predicted octanol–water partition coefficient (Wildman–Crippen LogP) is 5.32. The lowest BCUT2D eigenvalue weighted by molar-refractivity contribution is -0.121. The summed E-state index contributed by atoms with van der Waals surface area (Å²) in [6.45, 7) is 5.71. The fourth-order valence-corrected chi connectivity index (χ4v) is 3.53. The van der Waals surface area contributed by atoms with Gasteiger partial charge in [0.05, 0.1) is 5.84 Å². The first-order valence-electron chi connectivity index (χ1n) is 11.9. The molecule has 0 aliphatic heterocycles. The second kappa shape index (κ2) is 13.1. The largest absolute Gasteiger partial charge is 0.481 e. The van der Waals surface area contributed by atoms with E-state index >= 15 is 0 Å². The standard InChI is InChI=1S/C28H31FN6O2/c1-5-6-20(8-7-18(2)31-4)15-32-28-24-13-22(21-9-11-23(29)12-10-21)14-25(27(24)33-17-34-28)37-16-26(36)35-19(3)30/h6-14,17H,5,15-16H2,1-4H3,(H2,30,35,36)(H,32,33,34)/b8-7-,20-6-,31-18-. The first-order valence-corrected chi connectivity index (χ1v) is 11.9. The number of halogens is 1. The van der Waals surface area contributed by atoms with Crippen LogP contribution in [0.2, 0.25) is 0 Å². The molecule has 0 spiro atoms. The second-order valence-corrected chi connectivity index (χ2v) is 8.30. The van der Waals surface area contributed by atoms with Crippen LogP contribution in [-0.2, 0) is 4.79 Å². The summed E-state index contributed by atoms with van der Waals surface area (Å²) in [4.78, 5) is 25.1. The Kier molecular flexibility index (Phi) is 9.60. The van der Waals surface area contributed by atoms with Crippen molar-refractivity contribution in [3.05, 3.63) is 72.3 Å². The number of carbonyl (C=O) groups excluding carboxylic acids is 1. The third-order valence-corrected chi connectivity index (χ3v) is 5.38. The predicted molar refractivity (Wildman–Crippen MR) is 147 cm³/mol. The van der Waals surface area contributed by atoms with Gasteiger partial charge in [0.25, 0.3) is 5.91 Å². The number of aliphatic imine (C=N–C) groups is 1. The summed E-state index contributed by atoms with van der Waals surface area (Å²) in [5.74, 6) is 0.205. The van der Waals surface area contributed by atoms with Gasteiger partial charge in [-0.05, 0) is 67.3 Å². The summed E-state index contributed by atoms with van der Waals surface area (Å²) in [6.07, 6.45) is 8.41. The van der Waals surface area contributed by atoms with Crippen molar-refractivity contribution in [2.24, 2.45) is 4.99 Å². The molecule has 3 aromatic rings. The smallest absolute Gasteiger partial charge is 0.263 e. The molecule has 0 atom stereocenters. The molecule has 37 heavy (non-hydrogen) atoms. The van der Waals surface area contributed by atoms with Crippen LogP contribution in [-0.4, -0.2) is 47.6 Å². The molecule has 8 nitrogen and oxygen atoms in total. The van der Waals surface area contributed by atoms with Crippen LogP contribution in [0.4, 0.5) is 10.2 Å². The van der Waals surface area contributed by atoms with E-state index in [9.17, 15) is 9.18 Å². The van der Waals surface area contributed by atoms with Crippen molar-refractivity contribution in [1.82, 2.24) is 15.3 Å². The maximum absolute atomic E-state index is 13.6. The first kappa shape index (κ1) is 27.2. The van der Waals surface area contributed by atoms with Crippen LogP contribution in [0.25, 0.3) is 22.0 Å². The lowest BCUT2D eigenvalue weighted by atomic mass is 10.0. The Morgan fingerprint density at radius 3 is 2.57 bits per heavy atom. The highest BCUT2D eigenvalue weighted by Gasteiger charge is 2.14. The first-order chi connectivity index (χ1) is 17.8. The Morgan fingerprint density at radius 1 is 1.14 bits per heavy atom. The SMILES string of the molecule is CC/C=C(/C=C\C(C)=N/C)CNc1ncnc2c(OCC(=O)NC(C)=N)cc(-c3ccc(F)cc3)cc12. The highest BCUT2D eigenvalue weighted by Crippen LogP contribution is 2.34. The summed E-state index contributed by atoms with van der Waals surface area (Å²) in [5.41, 5.74) is 4.03. The molecule has 1 aromatic heterocycles. The van der Waals surface area contributed by atoms with Gasteiger partial charge in [-0.1, -0.05) is 31.2 Å². The molecule has 0 saturated carbocycles. The normalized spacial score (nSPS) is 12.1. The monoisotopic (exact) mass is 502 g/mol. The summed E-state index contributed by atoms with van der Waals surface area (Å²) < 4.78 is 19.4. The number of fused-ring (bicyclic) bond motifs is 1. The zero-order chi connectivity index (χ0) is 26.8. The summed E-state index contributed by atoms with van der Waals surface area (Å²) in [6, 6.07) is 9.79. The molecule has 9 heteroatoms. The minimum absolute atomic E-state index is 0.0257. The topological polar surface area (TPSA) is 112 Å². The van der Waals surface area contributed by atoms with Crippen molar-refractivity contribution >= 4 is 34.2 Å². The van der Waals surface area contributed by atoms with E-state index in [0.29, 0.717) is 29.0 Å². The zero-order valence-electron chi connectivity index (χ0n) is 21.4. The molecule has 1 amide bonds. The van der Waals surface area contributed by atoms with E-state index in [-0.39, 0.29) is 18.3 Å². The van der Waals surface area contributed by atoms with Crippen LogP contribution in [0.1, 0.15) is 27.2 Å². The van der Waals surface area contributed by atoms with Crippen molar-refractivity contribution in [2.45, 2.75) is 27.2 Å². The van der Waals surface area contributed by atoms with E-state index in [4.69, 9.17) is 10.1 Å². The van der Waals surface area contributed by atoms with Crippen LogP contribution in [0.3, 0.4) is 0 Å². The third kappa shape index (κ3) is 7.79. The van der Waals surface area contributed by atoms with Crippen LogP contribution in [0, 0.1) is 11.2 Å². The maximum Gasteiger partial charge on any atom is 0.263 e. The van der Waals surface area contributed by atoms with Gasteiger partial charge in [0.15, 0.2) is 6.61 Å². The van der Waals surface area contributed by atoms with E-state index in [1.807, 2.05) is 25.1 Å². The molecule has 0 bridgehead atoms. The molecule has 0 unspecified atom stereocenters. The summed E-state index contributed by atoms with van der Waals surface area (Å²) >= 11 is 0. The molecule has 3 N–H and O–H groups in total. The molecule has 3 rings (SSSR count). The van der Waals surface area contributed by atoms with Gasteiger partial charge in [0.2, 0.25) is 0 Å². The molecule has 0 fully saturated rings.